The summed E-state index contributed by atoms with van der Waals surface area (Å²) in [5, 5.41) is 13.9. The molecule has 0 aliphatic carbocycles. The van der Waals surface area contributed by atoms with E-state index in [9.17, 15) is 24.3 Å². The molecule has 5 rings (SSSR count). The number of rotatable bonds is 8. The number of phenolic OH excluding ortho intramolecular Hbond substituents is 1. The number of carbonyl (C=O) groups excluding carboxylic acids is 4. The molecular weight excluding hydrogens is 536 g/mol. The monoisotopic (exact) mass is 570 g/mol. The van der Waals surface area contributed by atoms with Gasteiger partial charge in [0.25, 0.3) is 11.8 Å². The number of nitrogens with one attached hydrogen (secondary N) is 1. The lowest BCUT2D eigenvalue weighted by molar-refractivity contribution is 0.0411. The van der Waals surface area contributed by atoms with Crippen molar-refractivity contribution in [2.45, 2.75) is 57.7 Å². The first-order valence-corrected chi connectivity index (χ1v) is 13.9. The number of hydrogen-bond donors (Lipinski definition) is 2. The molecule has 0 radical (unpaired) electrons. The average molecular weight is 571 g/mol. The van der Waals surface area contributed by atoms with E-state index in [4.69, 9.17) is 9.47 Å². The third kappa shape index (κ3) is 5.92. The predicted octanol–water partition coefficient (Wildman–Crippen LogP) is 4.76. The van der Waals surface area contributed by atoms with E-state index in [0.29, 0.717) is 24.2 Å². The van der Waals surface area contributed by atoms with Gasteiger partial charge in [0.05, 0.1) is 22.3 Å². The van der Waals surface area contributed by atoms with Crippen molar-refractivity contribution >= 4 is 23.6 Å². The number of hydrogen-bond acceptors (Lipinski definition) is 8. The molecule has 0 saturated carbocycles. The topological polar surface area (TPSA) is 122 Å². The molecule has 2 heterocycles. The van der Waals surface area contributed by atoms with Gasteiger partial charge in [0.15, 0.2) is 5.78 Å². The second-order valence-corrected chi connectivity index (χ2v) is 12.1. The third-order valence-corrected chi connectivity index (χ3v) is 7.52. The van der Waals surface area contributed by atoms with Gasteiger partial charge in [-0.05, 0) is 70.9 Å². The Bertz CT molecular complexity index is 1550. The van der Waals surface area contributed by atoms with Crippen LogP contribution in [0.4, 0.5) is 0 Å². The molecule has 218 valence electrons. The van der Waals surface area contributed by atoms with E-state index in [0.717, 1.165) is 0 Å². The van der Waals surface area contributed by atoms with Crippen molar-refractivity contribution in [2.75, 3.05) is 13.2 Å². The second-order valence-electron chi connectivity index (χ2n) is 12.1. The van der Waals surface area contributed by atoms with Crippen molar-refractivity contribution in [3.63, 3.8) is 0 Å². The number of piperidine rings is 1. The molecule has 42 heavy (non-hydrogen) atoms. The maximum absolute atomic E-state index is 13.4. The van der Waals surface area contributed by atoms with Crippen LogP contribution in [0.5, 0.6) is 11.5 Å². The lowest BCUT2D eigenvalue weighted by atomic mass is 9.79. The minimum Gasteiger partial charge on any atom is -0.507 e. The zero-order chi connectivity index (χ0) is 30.2. The first kappa shape index (κ1) is 29.0. The van der Waals surface area contributed by atoms with Crippen molar-refractivity contribution in [3.8, 4) is 11.5 Å². The summed E-state index contributed by atoms with van der Waals surface area (Å²) >= 11 is 0. The summed E-state index contributed by atoms with van der Waals surface area (Å²) in [7, 11) is 0. The molecule has 0 atom stereocenters. The minimum atomic E-state index is -0.657. The van der Waals surface area contributed by atoms with Crippen LogP contribution in [0.1, 0.15) is 87.5 Å². The van der Waals surface area contributed by atoms with E-state index in [1.807, 2.05) is 0 Å². The number of fused-ring (bicyclic) bond motifs is 1. The molecule has 1 saturated heterocycles. The lowest BCUT2D eigenvalue weighted by Gasteiger charge is -2.48. The van der Waals surface area contributed by atoms with Gasteiger partial charge in [-0.1, -0.05) is 30.3 Å². The number of phenols is 1. The van der Waals surface area contributed by atoms with Crippen LogP contribution in [0, 0.1) is 0 Å². The number of aromatic hydroxyl groups is 1. The summed E-state index contributed by atoms with van der Waals surface area (Å²) in [6, 6.07) is 17.1. The second kappa shape index (κ2) is 11.1. The Labute approximate surface area is 244 Å². The Kier molecular flexibility index (Phi) is 7.64. The largest absolute Gasteiger partial charge is 0.507 e. The van der Waals surface area contributed by atoms with Crippen molar-refractivity contribution < 1.29 is 33.8 Å². The van der Waals surface area contributed by atoms with Gasteiger partial charge in [0, 0.05) is 28.7 Å². The quantitative estimate of drug-likeness (QED) is 0.172. The number of benzene rings is 3. The van der Waals surface area contributed by atoms with Gasteiger partial charge < -0.3 is 19.9 Å². The first-order valence-electron chi connectivity index (χ1n) is 13.9. The van der Waals surface area contributed by atoms with Crippen LogP contribution < -0.4 is 10.1 Å². The van der Waals surface area contributed by atoms with Gasteiger partial charge in [-0.2, -0.15) is 0 Å². The highest BCUT2D eigenvalue weighted by atomic mass is 16.6. The van der Waals surface area contributed by atoms with Crippen molar-refractivity contribution in [1.29, 1.82) is 0 Å². The minimum absolute atomic E-state index is 0.00538. The third-order valence-electron chi connectivity index (χ3n) is 7.52. The molecule has 3 aromatic carbocycles. The highest BCUT2D eigenvalue weighted by molar-refractivity contribution is 6.22. The van der Waals surface area contributed by atoms with Crippen LogP contribution in [0.3, 0.4) is 0 Å². The van der Waals surface area contributed by atoms with E-state index in [1.165, 1.54) is 35.2 Å². The number of carbonyl (C=O) groups is 4. The zero-order valence-corrected chi connectivity index (χ0v) is 24.1. The predicted molar refractivity (Wildman–Crippen MR) is 155 cm³/mol. The molecule has 2 N–H and O–H groups in total. The normalized spacial score (nSPS) is 17.6. The summed E-state index contributed by atoms with van der Waals surface area (Å²) in [5.41, 5.74) is 0.736. The van der Waals surface area contributed by atoms with E-state index in [1.54, 1.807) is 36.4 Å². The van der Waals surface area contributed by atoms with Gasteiger partial charge in [0.1, 0.15) is 24.7 Å². The Hall–Kier alpha value is -4.50. The highest BCUT2D eigenvalue weighted by Gasteiger charge is 2.47. The van der Waals surface area contributed by atoms with Crippen molar-refractivity contribution in [2.24, 2.45) is 0 Å². The molecule has 0 bridgehead atoms. The molecule has 2 amide bonds. The van der Waals surface area contributed by atoms with Crippen LogP contribution in [0.25, 0.3) is 0 Å². The number of imide groups is 1. The highest BCUT2D eigenvalue weighted by Crippen LogP contribution is 2.36. The maximum atomic E-state index is 13.4. The SMILES string of the molecule is CC1(C)CC(N2C(=O)c3ccc(C(=O)OCCOc4ccc(C(=O)c5ccccc5)c(O)c4)cc3C2=O)CC(C)(C)N1. The van der Waals surface area contributed by atoms with Crippen molar-refractivity contribution in [3.05, 3.63) is 94.5 Å². The van der Waals surface area contributed by atoms with Gasteiger partial charge in [-0.3, -0.25) is 19.3 Å². The van der Waals surface area contributed by atoms with Crippen LogP contribution in [-0.4, -0.2) is 63.9 Å². The van der Waals surface area contributed by atoms with Crippen molar-refractivity contribution in [1.82, 2.24) is 10.2 Å². The molecule has 0 aromatic heterocycles. The number of amides is 2. The summed E-state index contributed by atoms with van der Waals surface area (Å²) in [6.07, 6.45) is 1.25. The summed E-state index contributed by atoms with van der Waals surface area (Å²) in [6.45, 7) is 8.13. The number of ether oxygens (including phenoxy) is 2. The maximum Gasteiger partial charge on any atom is 0.338 e. The molecular formula is C33H34N2O7. The molecule has 1 fully saturated rings. The fourth-order valence-corrected chi connectivity index (χ4v) is 6.08. The molecule has 9 nitrogen and oxygen atoms in total. The number of nitrogens with zero attached hydrogens (tertiary/aromatic N) is 1. The zero-order valence-electron chi connectivity index (χ0n) is 24.1. The molecule has 3 aromatic rings. The summed E-state index contributed by atoms with van der Waals surface area (Å²) < 4.78 is 10.9. The first-order chi connectivity index (χ1) is 19.8. The van der Waals surface area contributed by atoms with Crippen LogP contribution in [-0.2, 0) is 4.74 Å². The molecule has 0 unspecified atom stereocenters. The Morgan fingerprint density at radius 2 is 1.52 bits per heavy atom. The molecule has 2 aliphatic heterocycles. The molecule has 2 aliphatic rings. The van der Waals surface area contributed by atoms with E-state index >= 15 is 0 Å². The van der Waals surface area contributed by atoms with E-state index in [2.05, 4.69) is 33.0 Å². The van der Waals surface area contributed by atoms with Crippen LogP contribution in [0.15, 0.2) is 66.7 Å². The Morgan fingerprint density at radius 3 is 2.19 bits per heavy atom. The van der Waals surface area contributed by atoms with E-state index < -0.39 is 11.9 Å². The van der Waals surface area contributed by atoms with Gasteiger partial charge in [-0.15, -0.1) is 0 Å². The molecule has 9 heteroatoms. The molecule has 0 spiro atoms. The average Bonchev–Trinajstić information content (AvgIpc) is 3.18. The fraction of sp³-hybridized carbons (Fsp3) is 0.333. The van der Waals surface area contributed by atoms with E-state index in [-0.39, 0.29) is 70.0 Å². The lowest BCUT2D eigenvalue weighted by Crippen LogP contribution is -2.62. The number of ketones is 1. The van der Waals surface area contributed by atoms with Gasteiger partial charge in [0.2, 0.25) is 0 Å². The fourth-order valence-electron chi connectivity index (χ4n) is 6.08. The smallest absolute Gasteiger partial charge is 0.338 e. The van der Waals surface area contributed by atoms with Gasteiger partial charge >= 0.3 is 5.97 Å². The van der Waals surface area contributed by atoms with Crippen LogP contribution >= 0.6 is 0 Å². The summed E-state index contributed by atoms with van der Waals surface area (Å²) in [4.78, 5) is 53.3. The summed E-state index contributed by atoms with van der Waals surface area (Å²) in [5.74, 6) is -1.63. The van der Waals surface area contributed by atoms with Crippen LogP contribution in [0.2, 0.25) is 0 Å². The number of esters is 1. The van der Waals surface area contributed by atoms with Gasteiger partial charge in [-0.25, -0.2) is 4.79 Å². The Morgan fingerprint density at radius 1 is 0.857 bits per heavy atom. The Balaban J connectivity index is 1.18. The standard InChI is InChI=1S/C33H34N2O7/c1-32(2)18-22(19-33(3,4)34-32)35-29(38)24-12-10-21(16-26(24)30(35)39)31(40)42-15-14-41-23-11-13-25(27(36)17-23)28(37)20-8-6-5-7-9-20/h5-13,16-17,22,34,36H,14-15,18-19H2,1-4H3.